The van der Waals surface area contributed by atoms with Gasteiger partial charge in [-0.2, -0.15) is 0 Å². The first kappa shape index (κ1) is 45.0. The Bertz CT molecular complexity index is 800. The molecule has 1 aliphatic carbocycles. The molecule has 0 spiro atoms. The van der Waals surface area contributed by atoms with Crippen LogP contribution in [0.2, 0.25) is 0 Å². The number of ketones is 2. The van der Waals surface area contributed by atoms with E-state index in [0.29, 0.717) is 13.1 Å². The molecule has 0 amide bonds. The van der Waals surface area contributed by atoms with Crippen LogP contribution in [0.3, 0.4) is 0 Å². The fourth-order valence-electron chi connectivity index (χ4n) is 6.73. The van der Waals surface area contributed by atoms with E-state index < -0.39 is 0 Å². The number of nitrogens with one attached hydrogen (secondary N) is 2. The zero-order valence-corrected chi connectivity index (χ0v) is 33.1. The van der Waals surface area contributed by atoms with Crippen LogP contribution in [-0.2, 0) is 9.59 Å². The van der Waals surface area contributed by atoms with E-state index >= 15 is 0 Å². The van der Waals surface area contributed by atoms with Gasteiger partial charge in [-0.1, -0.05) is 230 Å². The normalized spacial score (nSPS) is 13.7. The molecule has 6 heteroatoms. The van der Waals surface area contributed by atoms with Crippen molar-refractivity contribution in [1.82, 2.24) is 10.6 Å². The summed E-state index contributed by atoms with van der Waals surface area (Å²) in [5, 5.41) is 6.13. The van der Waals surface area contributed by atoms with Crippen molar-refractivity contribution in [3.05, 3.63) is 21.5 Å². The van der Waals surface area contributed by atoms with Crippen molar-refractivity contribution in [2.24, 2.45) is 0 Å². The average molecular weight is 712 g/mol. The van der Waals surface area contributed by atoms with E-state index in [1.165, 1.54) is 180 Å². The lowest BCUT2D eigenvalue weighted by Gasteiger charge is -2.20. The smallest absolute Gasteiger partial charge is 0.224 e. The molecule has 0 unspecified atom stereocenters. The van der Waals surface area contributed by atoms with Crippen molar-refractivity contribution >= 4 is 34.8 Å². The number of hydrogen-bond acceptors (Lipinski definition) is 4. The molecule has 0 saturated carbocycles. The predicted octanol–water partition coefficient (Wildman–Crippen LogP) is 13.7. The first-order chi connectivity index (χ1) is 23.5. The maximum Gasteiger partial charge on any atom is 0.224 e. The third-order valence-corrected chi connectivity index (χ3v) is 10.7. The SMILES string of the molecule is CCCCCCCCCCCCCCCCCCNC1=C(Cl)C(=O)C(NCCCCCCCCCCCCCCCCCC)=C(Cl)C1=O. The maximum atomic E-state index is 12.9. The molecule has 1 aliphatic rings. The van der Waals surface area contributed by atoms with Gasteiger partial charge in [-0.3, -0.25) is 9.59 Å². The summed E-state index contributed by atoms with van der Waals surface area (Å²) in [6.45, 7) is 5.80. The van der Waals surface area contributed by atoms with E-state index in [4.69, 9.17) is 23.2 Å². The van der Waals surface area contributed by atoms with Crippen LogP contribution in [0.25, 0.3) is 0 Å². The molecule has 0 aromatic heterocycles. The number of Topliss-reactive ketones (excluding diaryl/α,β-unsaturated/α-hetero) is 2. The van der Waals surface area contributed by atoms with Crippen LogP contribution < -0.4 is 10.6 Å². The minimum Gasteiger partial charge on any atom is -0.381 e. The number of rotatable bonds is 36. The second-order valence-corrected chi connectivity index (χ2v) is 15.3. The van der Waals surface area contributed by atoms with E-state index in [9.17, 15) is 9.59 Å². The molecular weight excluding hydrogens is 635 g/mol. The lowest BCUT2D eigenvalue weighted by atomic mass is 10.0. The molecule has 48 heavy (non-hydrogen) atoms. The van der Waals surface area contributed by atoms with Crippen molar-refractivity contribution < 1.29 is 9.59 Å². The first-order valence-electron chi connectivity index (χ1n) is 20.9. The van der Waals surface area contributed by atoms with Crippen molar-refractivity contribution in [3.63, 3.8) is 0 Å². The van der Waals surface area contributed by atoms with E-state index in [1.807, 2.05) is 0 Å². The molecule has 2 N–H and O–H groups in total. The summed E-state index contributed by atoms with van der Waals surface area (Å²) in [4.78, 5) is 25.8. The number of hydrogen-bond donors (Lipinski definition) is 2. The second kappa shape index (κ2) is 33.2. The topological polar surface area (TPSA) is 58.2 Å². The standard InChI is InChI=1S/C42H76Cl2N2O2/c1-3-5-7-9-11-13-15-17-19-21-23-25-27-29-31-33-35-45-39-37(43)42(48)40(38(44)41(39)47)46-36-34-32-30-28-26-24-22-20-18-16-14-12-10-8-6-4-2/h45-46H,3-36H2,1-2H3. The molecule has 0 aliphatic heterocycles. The summed E-state index contributed by atoms with van der Waals surface area (Å²) in [6, 6.07) is 0. The van der Waals surface area contributed by atoms with Crippen molar-refractivity contribution in [1.29, 1.82) is 0 Å². The predicted molar refractivity (Wildman–Crippen MR) is 211 cm³/mol. The highest BCUT2D eigenvalue weighted by atomic mass is 35.5. The Labute approximate surface area is 307 Å². The molecule has 0 atom stereocenters. The highest BCUT2D eigenvalue weighted by Crippen LogP contribution is 2.27. The Kier molecular flexibility index (Phi) is 31.1. The van der Waals surface area contributed by atoms with Crippen LogP contribution >= 0.6 is 23.2 Å². The molecule has 0 bridgehead atoms. The number of allylic oxidation sites excluding steroid dienone is 2. The summed E-state index contributed by atoms with van der Waals surface area (Å²) < 4.78 is 0. The lowest BCUT2D eigenvalue weighted by molar-refractivity contribution is -0.116. The minimum atomic E-state index is -0.382. The molecule has 0 fully saturated rings. The van der Waals surface area contributed by atoms with Crippen LogP contribution in [0.1, 0.15) is 219 Å². The van der Waals surface area contributed by atoms with Gasteiger partial charge in [0, 0.05) is 13.1 Å². The largest absolute Gasteiger partial charge is 0.381 e. The second-order valence-electron chi connectivity index (χ2n) is 14.5. The quantitative estimate of drug-likeness (QED) is 0.0502. The number of unbranched alkanes of at least 4 members (excludes halogenated alkanes) is 30. The zero-order chi connectivity index (χ0) is 34.9. The fraction of sp³-hybridized carbons (Fsp3) is 0.857. The van der Waals surface area contributed by atoms with Crippen LogP contribution in [-0.4, -0.2) is 24.7 Å². The fourth-order valence-corrected chi connectivity index (χ4v) is 7.23. The molecule has 0 radical (unpaired) electrons. The van der Waals surface area contributed by atoms with Gasteiger partial charge < -0.3 is 10.6 Å². The van der Waals surface area contributed by atoms with Gasteiger partial charge in [0.05, 0.1) is 0 Å². The monoisotopic (exact) mass is 711 g/mol. The Morgan fingerprint density at radius 2 is 0.521 bits per heavy atom. The molecular formula is C42H76Cl2N2O2. The first-order valence-corrected chi connectivity index (χ1v) is 21.7. The van der Waals surface area contributed by atoms with E-state index in [1.54, 1.807) is 0 Å². The lowest BCUT2D eigenvalue weighted by Crippen LogP contribution is -2.34. The van der Waals surface area contributed by atoms with Gasteiger partial charge in [0.1, 0.15) is 21.5 Å². The highest BCUT2D eigenvalue weighted by molar-refractivity contribution is 6.55. The molecule has 0 aromatic carbocycles. The highest BCUT2D eigenvalue weighted by Gasteiger charge is 2.33. The van der Waals surface area contributed by atoms with Crippen LogP contribution in [0.15, 0.2) is 21.5 Å². The zero-order valence-electron chi connectivity index (χ0n) is 31.6. The van der Waals surface area contributed by atoms with E-state index in [2.05, 4.69) is 24.5 Å². The molecule has 280 valence electrons. The van der Waals surface area contributed by atoms with Gasteiger partial charge in [-0.15, -0.1) is 0 Å². The third kappa shape index (κ3) is 23.4. The molecule has 0 heterocycles. The van der Waals surface area contributed by atoms with Crippen LogP contribution in [0, 0.1) is 0 Å². The van der Waals surface area contributed by atoms with E-state index in [0.717, 1.165) is 25.7 Å². The Morgan fingerprint density at radius 3 is 0.729 bits per heavy atom. The van der Waals surface area contributed by atoms with Crippen LogP contribution in [0.4, 0.5) is 0 Å². The Morgan fingerprint density at radius 1 is 0.333 bits per heavy atom. The maximum absolute atomic E-state index is 12.9. The summed E-state index contributed by atoms with van der Waals surface area (Å²) >= 11 is 12.7. The number of halogens is 2. The van der Waals surface area contributed by atoms with Gasteiger partial charge >= 0.3 is 0 Å². The van der Waals surface area contributed by atoms with Crippen molar-refractivity contribution in [2.45, 2.75) is 219 Å². The van der Waals surface area contributed by atoms with E-state index in [-0.39, 0.29) is 33.0 Å². The van der Waals surface area contributed by atoms with Gasteiger partial charge in [-0.25, -0.2) is 0 Å². The molecule has 4 nitrogen and oxygen atoms in total. The van der Waals surface area contributed by atoms with Gasteiger partial charge in [0.15, 0.2) is 0 Å². The summed E-state index contributed by atoms with van der Waals surface area (Å²) in [5.41, 5.74) is 0.307. The van der Waals surface area contributed by atoms with Gasteiger partial charge in [0.25, 0.3) is 0 Å². The summed E-state index contributed by atoms with van der Waals surface area (Å²) in [7, 11) is 0. The molecule has 0 saturated heterocycles. The number of carbonyl (C=O) groups is 2. The van der Waals surface area contributed by atoms with Gasteiger partial charge in [0.2, 0.25) is 11.6 Å². The minimum absolute atomic E-state index is 0.0460. The third-order valence-electron chi connectivity index (χ3n) is 9.96. The Balaban J connectivity index is 2.02. The average Bonchev–Trinajstić information content (AvgIpc) is 3.09. The molecule has 0 aromatic rings. The summed E-state index contributed by atoms with van der Waals surface area (Å²) in [6.07, 6.45) is 42.3. The van der Waals surface area contributed by atoms with Crippen molar-refractivity contribution in [2.75, 3.05) is 13.1 Å². The van der Waals surface area contributed by atoms with Gasteiger partial charge in [-0.05, 0) is 12.8 Å². The number of carbonyl (C=O) groups excluding carboxylic acids is 2. The summed E-state index contributed by atoms with van der Waals surface area (Å²) in [5.74, 6) is -0.764. The molecule has 1 rings (SSSR count). The van der Waals surface area contributed by atoms with Crippen LogP contribution in [0.5, 0.6) is 0 Å². The Hall–Kier alpha value is -1.00. The van der Waals surface area contributed by atoms with Crippen molar-refractivity contribution in [3.8, 4) is 0 Å².